The molecule has 0 unspecified atom stereocenters. The van der Waals surface area contributed by atoms with Gasteiger partial charge >= 0.3 is 0 Å². The van der Waals surface area contributed by atoms with Gasteiger partial charge in [0.2, 0.25) is 0 Å². The first-order valence-corrected chi connectivity index (χ1v) is 6.72. The maximum absolute atomic E-state index is 11.0. The van der Waals surface area contributed by atoms with Crippen molar-refractivity contribution in [2.75, 3.05) is 5.73 Å². The molecular weight excluding hydrogens is 307 g/mol. The normalized spacial score (nSPS) is 10.4. The molecule has 0 atom stereocenters. The lowest BCUT2D eigenvalue weighted by Gasteiger charge is -2.09. The lowest BCUT2D eigenvalue weighted by molar-refractivity contribution is -0.387. The zero-order valence-electron chi connectivity index (χ0n) is 9.47. The van der Waals surface area contributed by atoms with Crippen LogP contribution in [0.3, 0.4) is 0 Å². The fraction of sp³-hybridized carbons (Fsp3) is 0. The van der Waals surface area contributed by atoms with E-state index in [1.807, 2.05) is 0 Å². The Bertz CT molecular complexity index is 650. The van der Waals surface area contributed by atoms with Gasteiger partial charge in [0.15, 0.2) is 0 Å². The van der Waals surface area contributed by atoms with E-state index in [1.165, 1.54) is 6.07 Å². The number of hydrogen-bond acceptors (Lipinski definition) is 4. The second-order valence-electron chi connectivity index (χ2n) is 3.60. The Hall–Kier alpha value is -1.43. The van der Waals surface area contributed by atoms with Gasteiger partial charge in [0.05, 0.1) is 30.4 Å². The van der Waals surface area contributed by atoms with Crippen LogP contribution < -0.4 is 5.73 Å². The van der Waals surface area contributed by atoms with Crippen molar-refractivity contribution in [3.63, 3.8) is 0 Å². The molecule has 0 saturated heterocycles. The van der Waals surface area contributed by atoms with Gasteiger partial charge in [0, 0.05) is 6.07 Å². The molecule has 0 fully saturated rings. The molecule has 19 heavy (non-hydrogen) atoms. The van der Waals surface area contributed by atoms with E-state index in [1.54, 1.807) is 30.3 Å². The van der Waals surface area contributed by atoms with E-state index in [9.17, 15) is 10.1 Å². The maximum Gasteiger partial charge on any atom is 0.283 e. The lowest BCUT2D eigenvalue weighted by Crippen LogP contribution is -1.93. The van der Waals surface area contributed by atoms with Crippen LogP contribution in [0.5, 0.6) is 0 Å². The fourth-order valence-electron chi connectivity index (χ4n) is 1.46. The Kier molecular flexibility index (Phi) is 4.19. The highest BCUT2D eigenvalue weighted by Crippen LogP contribution is 2.43. The molecule has 0 bridgehead atoms. The molecule has 0 aliphatic carbocycles. The van der Waals surface area contributed by atoms with E-state index in [4.69, 9.17) is 28.9 Å². The van der Waals surface area contributed by atoms with Crippen LogP contribution in [0.1, 0.15) is 0 Å². The Labute approximate surface area is 123 Å². The van der Waals surface area contributed by atoms with Crippen LogP contribution in [-0.4, -0.2) is 4.92 Å². The van der Waals surface area contributed by atoms with E-state index in [-0.39, 0.29) is 5.69 Å². The average Bonchev–Trinajstić information content (AvgIpc) is 2.39. The van der Waals surface area contributed by atoms with Crippen molar-refractivity contribution >= 4 is 46.3 Å². The number of nitrogen functional groups attached to an aromatic ring is 1. The van der Waals surface area contributed by atoms with Crippen molar-refractivity contribution in [2.45, 2.75) is 9.79 Å². The number of hydrogen-bond donors (Lipinski definition) is 1. The quantitative estimate of drug-likeness (QED) is 0.509. The standard InChI is InChI=1S/C12H8Cl2N2O2S/c13-7-5-6-8(14)12(11(7)15)19-10-4-2-1-3-9(10)16(17)18/h1-6H,15H2. The number of nitrogens with two attached hydrogens (primary N) is 1. The summed E-state index contributed by atoms with van der Waals surface area (Å²) in [4.78, 5) is 11.5. The molecule has 4 nitrogen and oxygen atoms in total. The second-order valence-corrected chi connectivity index (χ2v) is 5.47. The lowest BCUT2D eigenvalue weighted by atomic mass is 10.3. The molecule has 2 aromatic rings. The van der Waals surface area contributed by atoms with Crippen molar-refractivity contribution in [2.24, 2.45) is 0 Å². The zero-order valence-corrected chi connectivity index (χ0v) is 11.8. The molecule has 2 rings (SSSR count). The van der Waals surface area contributed by atoms with Crippen LogP contribution in [0.25, 0.3) is 0 Å². The number of nitro benzene ring substituents is 1. The summed E-state index contributed by atoms with van der Waals surface area (Å²) in [6, 6.07) is 9.57. The predicted molar refractivity (Wildman–Crippen MR) is 78.1 cm³/mol. The SMILES string of the molecule is Nc1c(Cl)ccc(Cl)c1Sc1ccccc1[N+](=O)[O-]. The average molecular weight is 315 g/mol. The minimum absolute atomic E-state index is 0.00272. The highest BCUT2D eigenvalue weighted by atomic mass is 35.5. The van der Waals surface area contributed by atoms with Crippen molar-refractivity contribution in [3.05, 3.63) is 56.6 Å². The number of halogens is 2. The van der Waals surface area contributed by atoms with Crippen LogP contribution in [0.4, 0.5) is 11.4 Å². The van der Waals surface area contributed by atoms with Gasteiger partial charge in [-0.2, -0.15) is 0 Å². The van der Waals surface area contributed by atoms with Crippen molar-refractivity contribution in [1.82, 2.24) is 0 Å². The summed E-state index contributed by atoms with van der Waals surface area (Å²) in [6.07, 6.45) is 0. The number of anilines is 1. The highest BCUT2D eigenvalue weighted by molar-refractivity contribution is 7.99. The molecule has 0 saturated carbocycles. The molecule has 0 heterocycles. The van der Waals surface area contributed by atoms with E-state index < -0.39 is 4.92 Å². The first-order chi connectivity index (χ1) is 9.00. The van der Waals surface area contributed by atoms with Gasteiger partial charge in [0.25, 0.3) is 5.69 Å². The van der Waals surface area contributed by atoms with Gasteiger partial charge < -0.3 is 5.73 Å². The Balaban J connectivity index is 2.48. The minimum Gasteiger partial charge on any atom is -0.397 e. The predicted octanol–water partition coefficient (Wildman–Crippen LogP) is 4.64. The van der Waals surface area contributed by atoms with Gasteiger partial charge in [-0.1, -0.05) is 47.1 Å². The third-order valence-corrected chi connectivity index (χ3v) is 4.33. The molecule has 2 N–H and O–H groups in total. The molecule has 7 heteroatoms. The van der Waals surface area contributed by atoms with Crippen LogP contribution in [0.2, 0.25) is 10.0 Å². The smallest absolute Gasteiger partial charge is 0.283 e. The monoisotopic (exact) mass is 314 g/mol. The van der Waals surface area contributed by atoms with Crippen LogP contribution in [0, 0.1) is 10.1 Å². The van der Waals surface area contributed by atoms with Crippen molar-refractivity contribution in [1.29, 1.82) is 0 Å². The number of nitrogens with zero attached hydrogens (tertiary/aromatic N) is 1. The van der Waals surface area contributed by atoms with Crippen LogP contribution in [0.15, 0.2) is 46.2 Å². The van der Waals surface area contributed by atoms with Gasteiger partial charge in [-0.05, 0) is 18.2 Å². The Morgan fingerprint density at radius 3 is 2.42 bits per heavy atom. The first kappa shape index (κ1) is 14.0. The summed E-state index contributed by atoms with van der Waals surface area (Å²) in [7, 11) is 0. The van der Waals surface area contributed by atoms with Gasteiger partial charge in [-0.3, -0.25) is 10.1 Å². The largest absolute Gasteiger partial charge is 0.397 e. The molecule has 98 valence electrons. The van der Waals surface area contributed by atoms with E-state index in [0.717, 1.165) is 11.8 Å². The summed E-state index contributed by atoms with van der Waals surface area (Å²) < 4.78 is 0. The summed E-state index contributed by atoms with van der Waals surface area (Å²) in [5.74, 6) is 0. The molecule has 2 aromatic carbocycles. The molecule has 0 aliphatic rings. The third-order valence-electron chi connectivity index (χ3n) is 2.37. The third kappa shape index (κ3) is 2.94. The Morgan fingerprint density at radius 2 is 1.74 bits per heavy atom. The topological polar surface area (TPSA) is 69.2 Å². The van der Waals surface area contributed by atoms with E-state index in [0.29, 0.717) is 25.5 Å². The number of para-hydroxylation sites is 1. The summed E-state index contributed by atoms with van der Waals surface area (Å²) in [5, 5.41) is 11.7. The van der Waals surface area contributed by atoms with Crippen LogP contribution in [-0.2, 0) is 0 Å². The number of benzene rings is 2. The molecule has 0 aromatic heterocycles. The van der Waals surface area contributed by atoms with Gasteiger partial charge in [0.1, 0.15) is 0 Å². The van der Waals surface area contributed by atoms with Gasteiger partial charge in [-0.25, -0.2) is 0 Å². The molecule has 0 amide bonds. The van der Waals surface area contributed by atoms with Gasteiger partial charge in [-0.15, -0.1) is 0 Å². The molecular formula is C12H8Cl2N2O2S. The molecule has 0 radical (unpaired) electrons. The molecule has 0 spiro atoms. The first-order valence-electron chi connectivity index (χ1n) is 5.15. The van der Waals surface area contributed by atoms with E-state index in [2.05, 4.69) is 0 Å². The summed E-state index contributed by atoms with van der Waals surface area (Å²) in [5.41, 5.74) is 6.17. The maximum atomic E-state index is 11.0. The van der Waals surface area contributed by atoms with E-state index >= 15 is 0 Å². The van der Waals surface area contributed by atoms with Crippen LogP contribution >= 0.6 is 35.0 Å². The highest BCUT2D eigenvalue weighted by Gasteiger charge is 2.17. The summed E-state index contributed by atoms with van der Waals surface area (Å²) >= 11 is 13.1. The van der Waals surface area contributed by atoms with Crippen molar-refractivity contribution in [3.8, 4) is 0 Å². The van der Waals surface area contributed by atoms with Crippen molar-refractivity contribution < 1.29 is 4.92 Å². The minimum atomic E-state index is -0.447. The molecule has 0 aliphatic heterocycles. The second kappa shape index (κ2) is 5.69. The summed E-state index contributed by atoms with van der Waals surface area (Å²) in [6.45, 7) is 0. The Morgan fingerprint density at radius 1 is 1.11 bits per heavy atom. The number of nitro groups is 1. The fourth-order valence-corrected chi connectivity index (χ4v) is 2.95. The number of rotatable bonds is 3. The zero-order chi connectivity index (χ0) is 14.0.